The van der Waals surface area contributed by atoms with E-state index in [9.17, 15) is 0 Å². The molecule has 0 amide bonds. The molecule has 1 aliphatic carbocycles. The molecule has 0 saturated carbocycles. The summed E-state index contributed by atoms with van der Waals surface area (Å²) in [5.41, 5.74) is 4.54. The third-order valence-corrected chi connectivity index (χ3v) is 4.14. The normalized spacial score (nSPS) is 29.0. The minimum atomic E-state index is 0.709. The number of hydrogen-bond acceptors (Lipinski definition) is 1. The van der Waals surface area contributed by atoms with Crippen LogP contribution in [0.25, 0.3) is 0 Å². The largest absolute Gasteiger partial charge is 0.130 e. The third kappa shape index (κ3) is 1.07. The zero-order chi connectivity index (χ0) is 8.84. The van der Waals surface area contributed by atoms with Crippen LogP contribution in [0.5, 0.6) is 0 Å². The van der Waals surface area contributed by atoms with Gasteiger partial charge in [-0.1, -0.05) is 29.8 Å². The van der Waals surface area contributed by atoms with Crippen molar-refractivity contribution in [1.29, 1.82) is 0 Å². The molecule has 0 N–H and O–H groups in total. The molecule has 1 aromatic carbocycles. The second kappa shape index (κ2) is 2.65. The van der Waals surface area contributed by atoms with Crippen LogP contribution < -0.4 is 0 Å². The van der Waals surface area contributed by atoms with Crippen LogP contribution >= 0.6 is 11.8 Å². The van der Waals surface area contributed by atoms with Gasteiger partial charge >= 0.3 is 0 Å². The first kappa shape index (κ1) is 7.69. The second-order valence-corrected chi connectivity index (χ2v) is 5.09. The van der Waals surface area contributed by atoms with Crippen LogP contribution in [0.1, 0.15) is 22.6 Å². The summed E-state index contributed by atoms with van der Waals surface area (Å²) < 4.78 is 0. The predicted octanol–water partition coefficient (Wildman–Crippen LogP) is 3.26. The minimum Gasteiger partial charge on any atom is -0.130 e. The maximum Gasteiger partial charge on any atom is 0.0233 e. The Kier molecular flexibility index (Phi) is 1.57. The van der Waals surface area contributed by atoms with Crippen LogP contribution in [0.2, 0.25) is 0 Å². The minimum absolute atomic E-state index is 0.709. The summed E-state index contributed by atoms with van der Waals surface area (Å²) in [4.78, 5) is 0. The van der Waals surface area contributed by atoms with Crippen LogP contribution in [-0.4, -0.2) is 5.25 Å². The second-order valence-electron chi connectivity index (χ2n) is 3.94. The number of allylic oxidation sites excluding steroid dienone is 1. The summed E-state index contributed by atoms with van der Waals surface area (Å²) in [5.74, 6) is 0.709. The Morgan fingerprint density at radius 3 is 3.23 bits per heavy atom. The SMILES string of the molecule is Cc1ccc2c(c1)CC1SC=CC21. The van der Waals surface area contributed by atoms with Gasteiger partial charge in [0.2, 0.25) is 0 Å². The van der Waals surface area contributed by atoms with Crippen molar-refractivity contribution in [2.75, 3.05) is 0 Å². The first-order valence-corrected chi connectivity index (χ1v) is 5.70. The molecule has 0 nitrogen and oxygen atoms in total. The maximum absolute atomic E-state index is 2.36. The van der Waals surface area contributed by atoms with Gasteiger partial charge in [-0.3, -0.25) is 0 Å². The number of fused-ring (bicyclic) bond motifs is 3. The third-order valence-electron chi connectivity index (χ3n) is 3.02. The highest BCUT2D eigenvalue weighted by Gasteiger charge is 2.33. The van der Waals surface area contributed by atoms with Gasteiger partial charge in [0.1, 0.15) is 0 Å². The van der Waals surface area contributed by atoms with Crippen molar-refractivity contribution in [2.45, 2.75) is 24.5 Å². The molecule has 1 heteroatoms. The Morgan fingerprint density at radius 2 is 2.31 bits per heavy atom. The molecule has 2 unspecified atom stereocenters. The number of rotatable bonds is 0. The number of thioether (sulfide) groups is 1. The molecule has 0 fully saturated rings. The lowest BCUT2D eigenvalue weighted by atomic mass is 10.0. The summed E-state index contributed by atoms with van der Waals surface area (Å²) >= 11 is 1.99. The van der Waals surface area contributed by atoms with Gasteiger partial charge < -0.3 is 0 Å². The van der Waals surface area contributed by atoms with Crippen LogP contribution in [0.4, 0.5) is 0 Å². The molecule has 0 bridgehead atoms. The lowest BCUT2D eigenvalue weighted by molar-refractivity contribution is 0.852. The fraction of sp³-hybridized carbons (Fsp3) is 0.333. The molecular weight excluding hydrogens is 176 g/mol. The van der Waals surface area contributed by atoms with Crippen molar-refractivity contribution < 1.29 is 0 Å². The number of hydrogen-bond donors (Lipinski definition) is 0. The molecule has 0 radical (unpaired) electrons. The lowest BCUT2D eigenvalue weighted by Crippen LogP contribution is -2.01. The van der Waals surface area contributed by atoms with Gasteiger partial charge in [0.05, 0.1) is 0 Å². The Balaban J connectivity index is 2.12. The topological polar surface area (TPSA) is 0 Å². The summed E-state index contributed by atoms with van der Waals surface area (Å²) in [7, 11) is 0. The summed E-state index contributed by atoms with van der Waals surface area (Å²) in [6.45, 7) is 2.18. The number of aryl methyl sites for hydroxylation is 1. The van der Waals surface area contributed by atoms with Gasteiger partial charge in [0, 0.05) is 11.2 Å². The highest BCUT2D eigenvalue weighted by molar-refractivity contribution is 8.03. The van der Waals surface area contributed by atoms with Crippen LogP contribution in [0.15, 0.2) is 29.7 Å². The van der Waals surface area contributed by atoms with E-state index in [0.717, 1.165) is 5.25 Å². The quantitative estimate of drug-likeness (QED) is 0.602. The molecule has 2 atom stereocenters. The molecule has 3 rings (SSSR count). The van der Waals surface area contributed by atoms with Crippen LogP contribution in [0, 0.1) is 6.92 Å². The lowest BCUT2D eigenvalue weighted by Gasteiger charge is -2.06. The standard InChI is InChI=1S/C12H12S/c1-8-2-3-10-9(6-8)7-12-11(10)4-5-13-12/h2-6,11-12H,7H2,1H3. The maximum atomic E-state index is 2.36. The fourth-order valence-corrected chi connectivity index (χ4v) is 3.52. The average Bonchev–Trinajstić information content (AvgIpc) is 2.62. The van der Waals surface area contributed by atoms with Gasteiger partial charge in [-0.25, -0.2) is 0 Å². The molecule has 1 aromatic rings. The van der Waals surface area contributed by atoms with Gasteiger partial charge in [-0.05, 0) is 29.9 Å². The molecule has 1 heterocycles. The van der Waals surface area contributed by atoms with E-state index in [2.05, 4.69) is 36.6 Å². The molecule has 0 aromatic heterocycles. The Bertz CT molecular complexity index is 379. The molecule has 1 aliphatic heterocycles. The Morgan fingerprint density at radius 1 is 1.38 bits per heavy atom. The first-order valence-electron chi connectivity index (χ1n) is 4.76. The number of benzene rings is 1. The van der Waals surface area contributed by atoms with E-state index in [1.165, 1.54) is 12.0 Å². The van der Waals surface area contributed by atoms with E-state index in [1.54, 1.807) is 11.1 Å². The first-order chi connectivity index (χ1) is 6.34. The van der Waals surface area contributed by atoms with Crippen molar-refractivity contribution in [3.63, 3.8) is 0 Å². The van der Waals surface area contributed by atoms with E-state index >= 15 is 0 Å². The van der Waals surface area contributed by atoms with E-state index in [-0.39, 0.29) is 0 Å². The van der Waals surface area contributed by atoms with Gasteiger partial charge in [0.15, 0.2) is 0 Å². The summed E-state index contributed by atoms with van der Waals surface area (Å²) in [5, 5.41) is 3.06. The van der Waals surface area contributed by atoms with E-state index < -0.39 is 0 Å². The van der Waals surface area contributed by atoms with Crippen molar-refractivity contribution in [3.8, 4) is 0 Å². The van der Waals surface area contributed by atoms with Gasteiger partial charge in [-0.2, -0.15) is 0 Å². The predicted molar refractivity (Wildman–Crippen MR) is 58.1 cm³/mol. The molecule has 13 heavy (non-hydrogen) atoms. The average molecular weight is 188 g/mol. The molecule has 0 saturated heterocycles. The van der Waals surface area contributed by atoms with Crippen molar-refractivity contribution >= 4 is 11.8 Å². The van der Waals surface area contributed by atoms with Crippen molar-refractivity contribution in [3.05, 3.63) is 46.4 Å². The van der Waals surface area contributed by atoms with E-state index in [1.807, 2.05) is 11.8 Å². The summed E-state index contributed by atoms with van der Waals surface area (Å²) in [6.07, 6.45) is 3.62. The summed E-state index contributed by atoms with van der Waals surface area (Å²) in [6, 6.07) is 6.89. The van der Waals surface area contributed by atoms with Crippen LogP contribution in [-0.2, 0) is 6.42 Å². The highest BCUT2D eigenvalue weighted by atomic mass is 32.2. The van der Waals surface area contributed by atoms with Crippen LogP contribution in [0.3, 0.4) is 0 Å². The van der Waals surface area contributed by atoms with Crippen molar-refractivity contribution in [1.82, 2.24) is 0 Å². The van der Waals surface area contributed by atoms with E-state index in [0.29, 0.717) is 5.92 Å². The Hall–Kier alpha value is -0.690. The monoisotopic (exact) mass is 188 g/mol. The molecule has 66 valence electrons. The highest BCUT2D eigenvalue weighted by Crippen LogP contribution is 2.45. The molecule has 2 aliphatic rings. The Labute approximate surface area is 83.0 Å². The zero-order valence-corrected chi connectivity index (χ0v) is 8.47. The van der Waals surface area contributed by atoms with Gasteiger partial charge in [-0.15, -0.1) is 11.8 Å². The zero-order valence-electron chi connectivity index (χ0n) is 7.66. The molecular formula is C12H12S. The van der Waals surface area contributed by atoms with E-state index in [4.69, 9.17) is 0 Å². The van der Waals surface area contributed by atoms with Gasteiger partial charge in [0.25, 0.3) is 0 Å². The van der Waals surface area contributed by atoms with Crippen molar-refractivity contribution in [2.24, 2.45) is 0 Å². The molecule has 0 spiro atoms. The smallest absolute Gasteiger partial charge is 0.0233 e. The fourth-order valence-electron chi connectivity index (χ4n) is 2.37.